The van der Waals surface area contributed by atoms with Crippen molar-refractivity contribution in [2.45, 2.75) is 176 Å². The van der Waals surface area contributed by atoms with E-state index in [1.54, 1.807) is 0 Å². The molecule has 2 aromatic carbocycles. The summed E-state index contributed by atoms with van der Waals surface area (Å²) < 4.78 is 0. The molecule has 0 aromatic heterocycles. The van der Waals surface area contributed by atoms with Crippen LogP contribution in [-0.4, -0.2) is 321 Å². The number of rotatable bonds is 40. The molecule has 2 aromatic rings. The van der Waals surface area contributed by atoms with Gasteiger partial charge in [-0.25, -0.2) is 0 Å². The van der Waals surface area contributed by atoms with Gasteiger partial charge in [0.1, 0.15) is 71.9 Å². The van der Waals surface area contributed by atoms with Crippen molar-refractivity contribution in [3.05, 3.63) is 59.7 Å². The number of nitrogens with two attached hydrogens (primary N) is 2. The summed E-state index contributed by atoms with van der Waals surface area (Å²) in [6.45, 7) is -2.53. The number of guanidine groups is 2. The van der Waals surface area contributed by atoms with Crippen molar-refractivity contribution in [2.75, 3.05) is 91.6 Å². The van der Waals surface area contributed by atoms with E-state index in [1.807, 2.05) is 0 Å². The first-order valence-electron chi connectivity index (χ1n) is 39.2. The molecule has 0 bridgehead atoms. The molecular weight excluding hydrogens is 1600 g/mol. The number of phenols is 2. The maximum atomic E-state index is 14.5. The zero-order valence-corrected chi connectivity index (χ0v) is 66.5. The Bertz CT molecular complexity index is 3960. The molecule has 13 amide bonds. The third-order valence-electron chi connectivity index (χ3n) is 19.4. The molecule has 666 valence electrons. The van der Waals surface area contributed by atoms with E-state index in [0.29, 0.717) is 11.1 Å². The van der Waals surface area contributed by atoms with Gasteiger partial charge in [0.05, 0.1) is 39.0 Å². The molecule has 0 spiro atoms. The molecule has 10 atom stereocenters. The quantitative estimate of drug-likeness (QED) is 0.0167. The van der Waals surface area contributed by atoms with E-state index >= 15 is 0 Å². The molecule has 121 heavy (non-hydrogen) atoms. The normalized spacial score (nSPS) is 21.1. The number of aromatic hydroxyl groups is 2. The zero-order chi connectivity index (χ0) is 89.3. The highest BCUT2D eigenvalue weighted by molar-refractivity contribution is 6.00. The van der Waals surface area contributed by atoms with Gasteiger partial charge in [0.2, 0.25) is 76.8 Å². The number of nitrogens with one attached hydrogen (secondary N) is 17. The molecular formula is C74H110N22O25. The highest BCUT2D eigenvalue weighted by Gasteiger charge is 2.38. The molecule has 3 saturated heterocycles. The minimum atomic E-state index is -1.80. The second-order valence-electron chi connectivity index (χ2n) is 29.0. The van der Waals surface area contributed by atoms with Gasteiger partial charge in [0.15, 0.2) is 11.9 Å². The number of aliphatic carboxylic acids is 5. The van der Waals surface area contributed by atoms with Crippen molar-refractivity contribution >= 4 is 119 Å². The van der Waals surface area contributed by atoms with E-state index in [4.69, 9.17) is 22.3 Å². The lowest BCUT2D eigenvalue weighted by molar-refractivity contribution is -0.145. The zero-order valence-electron chi connectivity index (χ0n) is 66.5. The summed E-state index contributed by atoms with van der Waals surface area (Å²) in [5.74, 6) is -20.5. The Morgan fingerprint density at radius 2 is 0.752 bits per heavy atom. The van der Waals surface area contributed by atoms with E-state index in [1.165, 1.54) is 63.2 Å². The second-order valence-corrected chi connectivity index (χ2v) is 29.0. The van der Waals surface area contributed by atoms with Crippen LogP contribution in [0.5, 0.6) is 11.5 Å². The molecule has 0 aliphatic carbocycles. The first kappa shape index (κ1) is 98.5. The Labute approximate surface area is 693 Å². The average Bonchev–Trinajstić information content (AvgIpc) is 1.83. The number of hydrogen-bond donors (Lipinski definition) is 26. The number of carboxylic acids is 5. The monoisotopic (exact) mass is 1710 g/mol. The summed E-state index contributed by atoms with van der Waals surface area (Å²) in [4.78, 5) is 246. The number of amides is 13. The van der Waals surface area contributed by atoms with Crippen molar-refractivity contribution in [2.24, 2.45) is 11.5 Å². The summed E-state index contributed by atoms with van der Waals surface area (Å²) in [5.41, 5.74) is 11.6. The average molecular weight is 1710 g/mol. The molecule has 1 unspecified atom stereocenters. The van der Waals surface area contributed by atoms with Crippen molar-refractivity contribution in [1.82, 2.24) is 94.5 Å². The van der Waals surface area contributed by atoms with Crippen LogP contribution < -0.4 is 91.2 Å². The molecule has 3 aliphatic heterocycles. The van der Waals surface area contributed by atoms with E-state index < -0.39 is 244 Å². The standard InChI is InChI=1S/C74H110N22O25/c75-73(76)81-25-5-9-45-64(112)83-37-57(101)86-52(35-59(103)104)70(118)92-50(33-41-11-15-43(97)16-12-41)68(116)90-47(66(114)88-45)7-1-3-23-79-55(99)21-19-49(85-56(100)22-20-54(72(120)121)96-31-29-94(39-61(107)108)27-28-95(30-32-96)40-62(109)110)63(111)80-24-4-2-8-48-67(115)89-46(10-6-26-82-74(77)78)65(113)84-38-58(102)87-53(36-60(105)106)71(119)93-51(69(117)91-48)34-42-13-17-44(98)18-14-42/h11-18,45-54,97-98H,1-10,19-40H2,(H,79,99)(H,80,111)(H,83,112)(H,84,113)(H,85,100)(H,86,101)(H,87,102)(H,88,114)(H,89,115)(H,90,116)(H,91,117)(H,92,118)(H,93,119)(H,103,104)(H,105,106)(H,107,108)(H,109,110)(H,120,121)(H4,75,76,81)(H4,77,78,82)/t45-,46-,47-,48-,49+,50+,51+,52-,53-,54?/m0/s1. The van der Waals surface area contributed by atoms with Gasteiger partial charge in [0, 0.05) is 91.1 Å². The SMILES string of the molecule is N=C(N)NCCC[C@@H]1NC(=O)[C@H](CCCCNC(=O)CC[C@@H](NC(=O)CCC(C(=O)O)N2CCN(CC(=O)O)CCN(CC(=O)O)CC2)C(=O)NCCCC[C@@H]2NC(=O)[C@@H](Cc3ccc(O)cc3)NC(=O)[C@H](CC(=O)O)NC(=O)CNC(=O)[C@H](CCCNC(=N)N)NC2=O)NC(=O)[C@@H](Cc2ccc(O)cc2)NC(=O)[C@H](CC(=O)O)NC(=O)CNC1=O. The molecule has 3 fully saturated rings. The molecule has 3 heterocycles. The molecule has 3 aliphatic rings. The molecule has 47 nitrogen and oxygen atoms in total. The fourth-order valence-corrected chi connectivity index (χ4v) is 13.1. The maximum Gasteiger partial charge on any atom is 0.320 e. The van der Waals surface area contributed by atoms with Gasteiger partial charge in [-0.2, -0.15) is 0 Å². The van der Waals surface area contributed by atoms with Crippen LogP contribution in [0.4, 0.5) is 0 Å². The minimum absolute atomic E-state index is 0.0106. The van der Waals surface area contributed by atoms with Gasteiger partial charge in [-0.15, -0.1) is 0 Å². The number of carboxylic acid groups (broad SMARTS) is 5. The van der Waals surface area contributed by atoms with Crippen LogP contribution in [0.15, 0.2) is 48.5 Å². The molecule has 28 N–H and O–H groups in total. The predicted octanol–water partition coefficient (Wildman–Crippen LogP) is -8.34. The van der Waals surface area contributed by atoms with Gasteiger partial charge in [-0.1, -0.05) is 24.3 Å². The van der Waals surface area contributed by atoms with Gasteiger partial charge in [-0.3, -0.25) is 112 Å². The molecule has 0 saturated carbocycles. The van der Waals surface area contributed by atoms with E-state index in [0.717, 1.165) is 0 Å². The van der Waals surface area contributed by atoms with Gasteiger partial charge < -0.3 is 127 Å². The lowest BCUT2D eigenvalue weighted by Gasteiger charge is -2.30. The molecule has 5 rings (SSSR count). The van der Waals surface area contributed by atoms with Crippen LogP contribution in [0, 0.1) is 10.8 Å². The van der Waals surface area contributed by atoms with Crippen molar-refractivity contribution in [1.29, 1.82) is 10.8 Å². The summed E-state index contributed by atoms with van der Waals surface area (Å²) in [7, 11) is 0. The highest BCUT2D eigenvalue weighted by atomic mass is 16.4. The van der Waals surface area contributed by atoms with E-state index in [2.05, 4.69) is 79.8 Å². The number of nitrogens with zero attached hydrogens (tertiary/aromatic N) is 3. The number of hydrogen-bond acceptors (Lipinski definition) is 25. The Morgan fingerprint density at radius 1 is 0.405 bits per heavy atom. The minimum Gasteiger partial charge on any atom is -0.508 e. The summed E-state index contributed by atoms with van der Waals surface area (Å²) in [5, 5.41) is 122. The number of benzene rings is 2. The van der Waals surface area contributed by atoms with Gasteiger partial charge in [0.25, 0.3) is 0 Å². The van der Waals surface area contributed by atoms with Crippen molar-refractivity contribution in [3.8, 4) is 11.5 Å². The summed E-state index contributed by atoms with van der Waals surface area (Å²) >= 11 is 0. The highest BCUT2D eigenvalue weighted by Crippen LogP contribution is 2.18. The number of unbranched alkanes of at least 4 members (excludes halogenated alkanes) is 2. The lowest BCUT2D eigenvalue weighted by atomic mass is 10.0. The van der Waals surface area contributed by atoms with Gasteiger partial charge in [-0.05, 0) is 112 Å². The van der Waals surface area contributed by atoms with Crippen molar-refractivity contribution in [3.63, 3.8) is 0 Å². The fraction of sp³-hybridized carbons (Fsp3) is 0.568. The van der Waals surface area contributed by atoms with Crippen LogP contribution in [0.2, 0.25) is 0 Å². The van der Waals surface area contributed by atoms with Crippen LogP contribution in [0.3, 0.4) is 0 Å². The van der Waals surface area contributed by atoms with Crippen LogP contribution in [0.1, 0.15) is 114 Å². The Morgan fingerprint density at radius 3 is 1.14 bits per heavy atom. The first-order valence-corrected chi connectivity index (χ1v) is 39.2. The predicted molar refractivity (Wildman–Crippen MR) is 423 cm³/mol. The Hall–Kier alpha value is -13.1. The number of phenolic OH excluding ortho intramolecular Hbond substituents is 2. The maximum absolute atomic E-state index is 14.5. The Kier molecular flexibility index (Phi) is 41.8. The number of carbonyl (C=O) groups is 18. The van der Waals surface area contributed by atoms with Gasteiger partial charge >= 0.3 is 29.8 Å². The third-order valence-corrected chi connectivity index (χ3v) is 19.4. The molecule has 0 radical (unpaired) electrons. The Balaban J connectivity index is 1.40. The topological polar surface area (TPSA) is 739 Å². The third kappa shape index (κ3) is 38.0. The lowest BCUT2D eigenvalue weighted by Crippen LogP contribution is -2.58. The smallest absolute Gasteiger partial charge is 0.320 e. The summed E-state index contributed by atoms with van der Waals surface area (Å²) in [6.07, 6.45) is -4.99. The number of carbonyl (C=O) groups excluding carboxylic acids is 13. The fourth-order valence-electron chi connectivity index (χ4n) is 13.1. The largest absolute Gasteiger partial charge is 0.508 e. The van der Waals surface area contributed by atoms with Crippen molar-refractivity contribution < 1.29 is 122 Å². The van der Waals surface area contributed by atoms with Crippen LogP contribution in [0.25, 0.3) is 0 Å². The first-order chi connectivity index (χ1) is 57.4. The van der Waals surface area contributed by atoms with Crippen LogP contribution in [-0.2, 0) is 99.1 Å². The second kappa shape index (κ2) is 51.3. The molecule has 47 heteroatoms. The van der Waals surface area contributed by atoms with E-state index in [9.17, 15) is 122 Å². The van der Waals surface area contributed by atoms with Crippen LogP contribution >= 0.6 is 0 Å². The van der Waals surface area contributed by atoms with E-state index in [-0.39, 0.29) is 154 Å². The summed E-state index contributed by atoms with van der Waals surface area (Å²) in [6, 6.07) is -4.84.